The molecule has 0 aliphatic carbocycles. The number of nitriles is 4. The number of anilines is 7. The molecule has 0 unspecified atom stereocenters. The van der Waals surface area contributed by atoms with Crippen LogP contribution in [-0.4, -0.2) is 61.9 Å². The zero-order chi connectivity index (χ0) is 86.4. The van der Waals surface area contributed by atoms with Crippen molar-refractivity contribution in [1.82, 2.24) is 61.9 Å². The van der Waals surface area contributed by atoms with Crippen LogP contribution in [-0.2, 0) is 39.3 Å². The second-order valence-corrected chi connectivity index (χ2v) is 29.8. The Labute approximate surface area is 737 Å². The molecule has 123 heavy (non-hydrogen) atoms. The molecule has 0 amide bonds. The van der Waals surface area contributed by atoms with Gasteiger partial charge in [0.2, 0.25) is 0 Å². The van der Waals surface area contributed by atoms with Gasteiger partial charge in [-0.1, -0.05) is 167 Å². The van der Waals surface area contributed by atoms with Gasteiger partial charge in [0, 0.05) is 224 Å². The van der Waals surface area contributed by atoms with E-state index < -0.39 is 0 Å². The third kappa shape index (κ3) is 17.3. The molecule has 5 aromatic carbocycles. The molecule has 0 saturated heterocycles. The van der Waals surface area contributed by atoms with Crippen molar-refractivity contribution in [2.24, 2.45) is 17.2 Å². The first kappa shape index (κ1) is 84.8. The highest BCUT2D eigenvalue weighted by Crippen LogP contribution is 2.45. The molecule has 17 N–H and O–H groups in total. The largest absolute Gasteiger partial charge is 0.396 e. The lowest BCUT2D eigenvalue weighted by Gasteiger charge is -2.19. The molecule has 608 valence electrons. The number of benzene rings is 5. The van der Waals surface area contributed by atoms with E-state index in [1.165, 1.54) is 0 Å². The molecular weight excluding hydrogens is 1720 g/mol. The molecule has 0 radical (unpaired) electrons. The first-order chi connectivity index (χ1) is 60.0. The topological polar surface area (TPSA) is 439 Å². The standard InChI is InChI=1S/C21H16BrClN6.C21H17ClN6.C20H15ClN6.C15H12ClN5.C13H11ClN4/c22-18-12-28-21-20(27-11-13-4-3-7-26-10-13)15(8-24)19(17(9-25)29(18)21)14-5-1-2-6-16(14)23;22-17-6-2-1-5-15(17)19-16(10-23)20(27-13-14-4-3-7-25-12-14)21-26-8-9-28(21)18(19)11-24;21-16-6-2-1-5-14(16)17-15(10-22)18(20-25-8-9-27(20)19(17)23)26-12-13-4-3-7-24-11-13;16-11-4-2-1-3-9(11)13-10(7-17)14(19)15-20-5-6-21(15)12(13)8-18;14-10-4-2-1-3-8(10)9-7-11(15)13-17-5-6-18(13)12(9)16/h1-7,10,12,27H,9,11,25H2;1-9,12,27H,11,13,24H2;1-9,11,26H,12,23H2;1-6H,8,18-19H2;1-7H,15-16H2. The van der Waals surface area contributed by atoms with E-state index in [9.17, 15) is 21.0 Å². The molecule has 0 bridgehead atoms. The van der Waals surface area contributed by atoms with E-state index in [-0.39, 0.29) is 19.6 Å². The van der Waals surface area contributed by atoms with Crippen LogP contribution >= 0.6 is 73.9 Å². The number of fused-ring (bicyclic) bond motifs is 5. The first-order valence-electron chi connectivity index (χ1n) is 37.6. The number of hydrogen-bond donors (Lipinski definition) is 10. The Hall–Kier alpha value is -14.6. The van der Waals surface area contributed by atoms with Crippen molar-refractivity contribution in [2.45, 2.75) is 39.3 Å². The van der Waals surface area contributed by atoms with Gasteiger partial charge in [0.05, 0.1) is 56.9 Å². The van der Waals surface area contributed by atoms with Crippen LogP contribution in [0, 0.1) is 45.3 Å². The smallest absolute Gasteiger partial charge is 0.163 e. The normalized spacial score (nSPS) is 10.8. The van der Waals surface area contributed by atoms with Crippen molar-refractivity contribution in [2.75, 3.05) is 38.9 Å². The highest BCUT2D eigenvalue weighted by atomic mass is 79.9. The monoisotopic (exact) mass is 1780 g/mol. The number of nitrogen functional groups attached to an aromatic ring is 4. The van der Waals surface area contributed by atoms with Crippen LogP contribution in [0.4, 0.5) is 40.1 Å². The van der Waals surface area contributed by atoms with E-state index in [4.69, 9.17) is 98.1 Å². The first-order valence-corrected chi connectivity index (χ1v) is 40.3. The summed E-state index contributed by atoms with van der Waals surface area (Å²) in [6.45, 7) is 2.19. The molecule has 13 heterocycles. The lowest BCUT2D eigenvalue weighted by Crippen LogP contribution is -2.13. The van der Waals surface area contributed by atoms with Gasteiger partial charge in [-0.3, -0.25) is 28.2 Å². The number of rotatable bonds is 17. The highest BCUT2D eigenvalue weighted by Gasteiger charge is 2.28. The molecule has 0 aliphatic heterocycles. The summed E-state index contributed by atoms with van der Waals surface area (Å²) in [5, 5.41) is 52.5. The van der Waals surface area contributed by atoms with Gasteiger partial charge in [-0.2, -0.15) is 21.0 Å². The van der Waals surface area contributed by atoms with E-state index in [0.29, 0.717) is 158 Å². The molecule has 13 aromatic heterocycles. The van der Waals surface area contributed by atoms with Gasteiger partial charge in [-0.05, 0) is 87.2 Å². The number of hydrogen-bond acceptors (Lipinski definition) is 22. The minimum Gasteiger partial charge on any atom is -0.396 e. The Kier molecular flexibility index (Phi) is 26.6. The van der Waals surface area contributed by atoms with E-state index >= 15 is 0 Å². The summed E-state index contributed by atoms with van der Waals surface area (Å²) < 4.78 is 9.87. The molecule has 0 atom stereocenters. The van der Waals surface area contributed by atoms with E-state index in [1.54, 1.807) is 130 Å². The zero-order valence-corrected chi connectivity index (χ0v) is 70.3. The van der Waals surface area contributed by atoms with E-state index in [2.05, 4.69) is 96.0 Å². The lowest BCUT2D eigenvalue weighted by atomic mass is 9.96. The maximum Gasteiger partial charge on any atom is 0.163 e. The van der Waals surface area contributed by atoms with Crippen molar-refractivity contribution < 1.29 is 0 Å². The SMILES string of the molecule is N#Cc1c(-c2ccccc2Cl)c(CN)n2c(Br)cnc2c1NCc1cccnc1.N#Cc1c(-c2ccccc2Cl)c(CN)n2ccnc2c1N.N#Cc1c(-c2ccccc2Cl)c(CN)n2ccnc2c1NCc1cccnc1.N#Cc1c(-c2ccccc2Cl)c(N)n2ccnc2c1NCc1cccnc1.Nc1cc(-c2ccccc2Cl)c(N)n2ccnc12. The average Bonchev–Trinajstić information content (AvgIpc) is 1.70. The van der Waals surface area contributed by atoms with Gasteiger partial charge in [0.15, 0.2) is 28.2 Å². The van der Waals surface area contributed by atoms with Crippen LogP contribution in [0.15, 0.2) is 261 Å². The quantitative estimate of drug-likeness (QED) is 0.0405. The predicted molar refractivity (Wildman–Crippen MR) is 491 cm³/mol. The summed E-state index contributed by atoms with van der Waals surface area (Å²) in [6, 6.07) is 59.5. The van der Waals surface area contributed by atoms with E-state index in [0.717, 1.165) is 71.8 Å². The van der Waals surface area contributed by atoms with Crippen molar-refractivity contribution in [3.63, 3.8) is 0 Å². The van der Waals surface area contributed by atoms with Crippen molar-refractivity contribution in [1.29, 1.82) is 21.0 Å². The van der Waals surface area contributed by atoms with Gasteiger partial charge in [-0.25, -0.2) is 24.9 Å². The third-order valence-electron chi connectivity index (χ3n) is 19.9. The Balaban J connectivity index is 0.000000126. The fourth-order valence-corrected chi connectivity index (χ4v) is 16.0. The summed E-state index contributed by atoms with van der Waals surface area (Å²) in [5.74, 6) is 0.990. The molecule has 0 aliphatic rings. The number of nitrogens with zero attached hydrogens (tertiary/aromatic N) is 17. The van der Waals surface area contributed by atoms with Gasteiger partial charge in [0.25, 0.3) is 0 Å². The maximum absolute atomic E-state index is 10.1. The van der Waals surface area contributed by atoms with Gasteiger partial charge in [-0.15, -0.1) is 0 Å². The summed E-state index contributed by atoms with van der Waals surface area (Å²) in [5.41, 5.74) is 62.7. The number of halogens is 6. The number of nitrogens with two attached hydrogens (primary N) is 7. The lowest BCUT2D eigenvalue weighted by molar-refractivity contribution is 0.935. The molecule has 0 fully saturated rings. The molecule has 27 nitrogen and oxygen atoms in total. The van der Waals surface area contributed by atoms with Crippen molar-refractivity contribution >= 4 is 142 Å². The zero-order valence-electron chi connectivity index (χ0n) is 64.9. The Morgan fingerprint density at radius 2 is 0.683 bits per heavy atom. The van der Waals surface area contributed by atoms with Gasteiger partial charge >= 0.3 is 0 Å². The predicted octanol–water partition coefficient (Wildman–Crippen LogP) is 18.2. The minimum atomic E-state index is 0.212. The number of imidazole rings is 5. The fraction of sp³-hybridized carbons (Fsp3) is 0.0667. The maximum atomic E-state index is 10.1. The molecule has 0 spiro atoms. The van der Waals surface area contributed by atoms with E-state index in [1.807, 2.05) is 148 Å². The summed E-state index contributed by atoms with van der Waals surface area (Å²) in [4.78, 5) is 34.1. The van der Waals surface area contributed by atoms with Crippen molar-refractivity contribution in [3.8, 4) is 79.9 Å². The molecule has 0 saturated carbocycles. The minimum absolute atomic E-state index is 0.212. The number of pyridine rings is 8. The van der Waals surface area contributed by atoms with Gasteiger partial charge < -0.3 is 64.9 Å². The molecule has 33 heteroatoms. The summed E-state index contributed by atoms with van der Waals surface area (Å²) in [6.07, 6.45) is 26.0. The van der Waals surface area contributed by atoms with Crippen LogP contribution in [0.2, 0.25) is 25.1 Å². The Morgan fingerprint density at radius 1 is 0.341 bits per heavy atom. The van der Waals surface area contributed by atoms with Gasteiger partial charge in [0.1, 0.15) is 40.5 Å². The molecule has 18 rings (SSSR count). The highest BCUT2D eigenvalue weighted by molar-refractivity contribution is 9.10. The second kappa shape index (κ2) is 38.6. The van der Waals surface area contributed by atoms with Crippen LogP contribution in [0.1, 0.15) is 56.0 Å². The number of aromatic nitrogens is 13. The Morgan fingerprint density at radius 3 is 1.09 bits per heavy atom. The fourth-order valence-electron chi connectivity index (χ4n) is 14.3. The average molecular weight is 1790 g/mol. The molecular formula is C90H71BrCl5N27. The Bertz CT molecular complexity index is 7130. The van der Waals surface area contributed by atoms with Crippen LogP contribution in [0.5, 0.6) is 0 Å². The third-order valence-corrected chi connectivity index (χ3v) is 22.1. The van der Waals surface area contributed by atoms with Crippen molar-refractivity contribution in [3.05, 3.63) is 342 Å². The second-order valence-electron chi connectivity index (χ2n) is 27.0. The number of nitrogens with one attached hydrogen (secondary N) is 3. The van der Waals surface area contributed by atoms with Crippen LogP contribution in [0.25, 0.3) is 83.9 Å². The van der Waals surface area contributed by atoms with Crippen LogP contribution in [0.3, 0.4) is 0 Å². The van der Waals surface area contributed by atoms with Crippen LogP contribution < -0.4 is 56.1 Å². The molecule has 18 aromatic rings. The summed E-state index contributed by atoms with van der Waals surface area (Å²) in [7, 11) is 0. The summed E-state index contributed by atoms with van der Waals surface area (Å²) >= 11 is 35.4.